The molecule has 1 aromatic carbocycles. The summed E-state index contributed by atoms with van der Waals surface area (Å²) in [5.74, 6) is -0.255. The van der Waals surface area contributed by atoms with Crippen molar-refractivity contribution in [1.29, 1.82) is 0 Å². The van der Waals surface area contributed by atoms with Gasteiger partial charge in [-0.1, -0.05) is 6.07 Å². The van der Waals surface area contributed by atoms with Crippen molar-refractivity contribution < 1.29 is 13.9 Å². The summed E-state index contributed by atoms with van der Waals surface area (Å²) in [6.07, 6.45) is 3.42. The van der Waals surface area contributed by atoms with E-state index >= 15 is 0 Å². The van der Waals surface area contributed by atoms with Gasteiger partial charge in [0.2, 0.25) is 11.8 Å². The molecule has 4 rings (SSSR count). The largest absolute Gasteiger partial charge is 0.477 e. The van der Waals surface area contributed by atoms with Crippen LogP contribution in [0.3, 0.4) is 0 Å². The molecule has 1 aliphatic heterocycles. The van der Waals surface area contributed by atoms with Crippen LogP contribution in [0.1, 0.15) is 40.3 Å². The zero-order chi connectivity index (χ0) is 20.5. The number of nitrogens with zero attached hydrogens (tertiary/aromatic N) is 4. The van der Waals surface area contributed by atoms with Crippen LogP contribution in [-0.4, -0.2) is 32.4 Å². The van der Waals surface area contributed by atoms with E-state index in [1.165, 1.54) is 24.5 Å². The van der Waals surface area contributed by atoms with Gasteiger partial charge < -0.3 is 15.8 Å². The molecule has 9 heteroatoms. The molecule has 0 aliphatic carbocycles. The summed E-state index contributed by atoms with van der Waals surface area (Å²) in [6.45, 7) is 3.99. The molecule has 2 aromatic heterocycles. The third kappa shape index (κ3) is 3.58. The normalized spacial score (nSPS) is 15.6. The lowest BCUT2D eigenvalue weighted by atomic mass is 9.90. The summed E-state index contributed by atoms with van der Waals surface area (Å²) in [6, 6.07) is 3.92. The van der Waals surface area contributed by atoms with Gasteiger partial charge in [0.25, 0.3) is 5.91 Å². The first-order valence-corrected chi connectivity index (χ1v) is 9.14. The van der Waals surface area contributed by atoms with Crippen molar-refractivity contribution in [2.75, 3.05) is 12.3 Å². The maximum absolute atomic E-state index is 14.1. The average molecular weight is 394 g/mol. The predicted molar refractivity (Wildman–Crippen MR) is 104 cm³/mol. The van der Waals surface area contributed by atoms with Gasteiger partial charge in [-0.15, -0.1) is 0 Å². The first-order chi connectivity index (χ1) is 14.0. The van der Waals surface area contributed by atoms with Crippen molar-refractivity contribution >= 4 is 11.9 Å². The highest BCUT2D eigenvalue weighted by atomic mass is 19.1. The van der Waals surface area contributed by atoms with Gasteiger partial charge in [0.15, 0.2) is 0 Å². The predicted octanol–water partition coefficient (Wildman–Crippen LogP) is 2.39. The van der Waals surface area contributed by atoms with Gasteiger partial charge in [0.05, 0.1) is 47.7 Å². The maximum Gasteiger partial charge on any atom is 0.255 e. The summed E-state index contributed by atoms with van der Waals surface area (Å²) in [5, 5.41) is 2.96. The SMILES string of the molecule is CCOc1cncc(-c2cc(F)ccc2[C@H]2Cc3nc(N)nc(C)c3C(=O)N2)n1. The van der Waals surface area contributed by atoms with Crippen LogP contribution in [0, 0.1) is 12.7 Å². The minimum atomic E-state index is -0.433. The van der Waals surface area contributed by atoms with Crippen LogP contribution in [0.15, 0.2) is 30.6 Å². The molecule has 0 saturated heterocycles. The van der Waals surface area contributed by atoms with E-state index in [2.05, 4.69) is 25.3 Å². The minimum absolute atomic E-state index is 0.115. The molecule has 1 atom stereocenters. The summed E-state index contributed by atoms with van der Waals surface area (Å²) in [5.41, 5.74) is 8.95. The number of benzene rings is 1. The molecule has 3 aromatic rings. The summed E-state index contributed by atoms with van der Waals surface area (Å²) < 4.78 is 19.5. The van der Waals surface area contributed by atoms with Gasteiger partial charge in [0, 0.05) is 12.0 Å². The van der Waals surface area contributed by atoms with Crippen LogP contribution in [0.4, 0.5) is 10.3 Å². The van der Waals surface area contributed by atoms with E-state index in [1.807, 2.05) is 6.92 Å². The number of hydrogen-bond donors (Lipinski definition) is 2. The third-order valence-corrected chi connectivity index (χ3v) is 4.68. The van der Waals surface area contributed by atoms with Crippen LogP contribution in [0.25, 0.3) is 11.3 Å². The van der Waals surface area contributed by atoms with Crippen molar-refractivity contribution in [2.45, 2.75) is 26.3 Å². The van der Waals surface area contributed by atoms with Gasteiger partial charge in [-0.05, 0) is 31.5 Å². The monoisotopic (exact) mass is 394 g/mol. The van der Waals surface area contributed by atoms with Crippen molar-refractivity contribution in [1.82, 2.24) is 25.3 Å². The number of nitrogens with one attached hydrogen (secondary N) is 1. The Hall–Kier alpha value is -3.62. The topological polar surface area (TPSA) is 116 Å². The maximum atomic E-state index is 14.1. The number of anilines is 1. The minimum Gasteiger partial charge on any atom is -0.477 e. The number of hydrogen-bond acceptors (Lipinski definition) is 7. The molecule has 1 aliphatic rings. The molecule has 0 radical (unpaired) electrons. The van der Waals surface area contributed by atoms with Gasteiger partial charge >= 0.3 is 0 Å². The molecule has 0 fully saturated rings. The zero-order valence-corrected chi connectivity index (χ0v) is 15.9. The molecule has 0 saturated carbocycles. The molecule has 148 valence electrons. The number of aromatic nitrogens is 4. The third-order valence-electron chi connectivity index (χ3n) is 4.68. The van der Waals surface area contributed by atoms with E-state index in [1.54, 1.807) is 13.0 Å². The second-order valence-electron chi connectivity index (χ2n) is 6.63. The molecule has 8 nitrogen and oxygen atoms in total. The van der Waals surface area contributed by atoms with Crippen molar-refractivity contribution in [3.05, 3.63) is 58.9 Å². The summed E-state index contributed by atoms with van der Waals surface area (Å²) >= 11 is 0. The number of carbonyl (C=O) groups excluding carboxylic acids is 1. The second-order valence-corrected chi connectivity index (χ2v) is 6.63. The van der Waals surface area contributed by atoms with E-state index in [0.717, 1.165) is 0 Å². The number of aryl methyl sites for hydroxylation is 1. The highest BCUT2D eigenvalue weighted by Gasteiger charge is 2.30. The standard InChI is InChI=1S/C20H19FN6O2/c1-3-29-17-9-23-8-16(25-17)13-6-11(21)4-5-12(13)14-7-15-18(19(28)26-14)10(2)24-20(22)27-15/h4-6,8-9,14H,3,7H2,1-2H3,(H,26,28)(H2,22,24,27)/t14-/m1/s1. The molecular weight excluding hydrogens is 375 g/mol. The van der Waals surface area contributed by atoms with Crippen LogP contribution in [0.5, 0.6) is 5.88 Å². The second kappa shape index (κ2) is 7.42. The highest BCUT2D eigenvalue weighted by Crippen LogP contribution is 2.33. The molecule has 0 bridgehead atoms. The fraction of sp³-hybridized carbons (Fsp3) is 0.250. The zero-order valence-electron chi connectivity index (χ0n) is 15.9. The first-order valence-electron chi connectivity index (χ1n) is 9.14. The molecule has 0 unspecified atom stereocenters. The van der Waals surface area contributed by atoms with Crippen LogP contribution in [0.2, 0.25) is 0 Å². The average Bonchev–Trinajstić information content (AvgIpc) is 2.67. The molecule has 29 heavy (non-hydrogen) atoms. The number of ether oxygens (including phenoxy) is 1. The lowest BCUT2D eigenvalue weighted by Crippen LogP contribution is -2.37. The summed E-state index contributed by atoms with van der Waals surface area (Å²) in [4.78, 5) is 29.6. The van der Waals surface area contributed by atoms with Crippen LogP contribution >= 0.6 is 0 Å². The molecular formula is C20H19FN6O2. The molecule has 3 heterocycles. The Kier molecular flexibility index (Phi) is 4.79. The summed E-state index contributed by atoms with van der Waals surface area (Å²) in [7, 11) is 0. The Balaban J connectivity index is 1.78. The number of rotatable bonds is 4. The number of fused-ring (bicyclic) bond motifs is 1. The van der Waals surface area contributed by atoms with E-state index in [4.69, 9.17) is 10.5 Å². The number of nitrogen functional groups attached to an aromatic ring is 1. The van der Waals surface area contributed by atoms with Gasteiger partial charge in [0.1, 0.15) is 5.82 Å². The molecule has 0 spiro atoms. The lowest BCUT2D eigenvalue weighted by molar-refractivity contribution is 0.0922. The number of carbonyl (C=O) groups is 1. The Morgan fingerprint density at radius 3 is 2.90 bits per heavy atom. The smallest absolute Gasteiger partial charge is 0.255 e. The fourth-order valence-corrected chi connectivity index (χ4v) is 3.51. The van der Waals surface area contributed by atoms with E-state index in [0.29, 0.717) is 52.7 Å². The van der Waals surface area contributed by atoms with Crippen molar-refractivity contribution in [3.63, 3.8) is 0 Å². The Labute approximate surface area is 166 Å². The quantitative estimate of drug-likeness (QED) is 0.698. The fourth-order valence-electron chi connectivity index (χ4n) is 3.51. The number of nitrogens with two attached hydrogens (primary N) is 1. The van der Waals surface area contributed by atoms with E-state index in [9.17, 15) is 9.18 Å². The van der Waals surface area contributed by atoms with Crippen LogP contribution < -0.4 is 15.8 Å². The van der Waals surface area contributed by atoms with Crippen LogP contribution in [-0.2, 0) is 6.42 Å². The van der Waals surface area contributed by atoms with Gasteiger partial charge in [-0.3, -0.25) is 9.78 Å². The van der Waals surface area contributed by atoms with E-state index in [-0.39, 0.29) is 11.9 Å². The number of halogens is 1. The van der Waals surface area contributed by atoms with Crippen molar-refractivity contribution in [2.24, 2.45) is 0 Å². The highest BCUT2D eigenvalue weighted by molar-refractivity contribution is 5.98. The van der Waals surface area contributed by atoms with Gasteiger partial charge in [-0.2, -0.15) is 0 Å². The molecule has 3 N–H and O–H groups in total. The van der Waals surface area contributed by atoms with Crippen molar-refractivity contribution in [3.8, 4) is 17.1 Å². The first kappa shape index (κ1) is 18.7. The van der Waals surface area contributed by atoms with Gasteiger partial charge in [-0.25, -0.2) is 19.3 Å². The molecule has 1 amide bonds. The Bertz CT molecular complexity index is 1100. The van der Waals surface area contributed by atoms with E-state index < -0.39 is 11.9 Å². The Morgan fingerprint density at radius 2 is 2.10 bits per heavy atom. The Morgan fingerprint density at radius 1 is 1.28 bits per heavy atom. The lowest BCUT2D eigenvalue weighted by Gasteiger charge is -2.27. The number of amides is 1.